The number of nitrogens with one attached hydrogen (secondary N) is 1. The van der Waals surface area contributed by atoms with Crippen LogP contribution in [0.4, 0.5) is 10.2 Å². The molecule has 1 aliphatic carbocycles. The van der Waals surface area contributed by atoms with Gasteiger partial charge in [-0.05, 0) is 30.9 Å². The fourth-order valence-electron chi connectivity index (χ4n) is 3.01. The van der Waals surface area contributed by atoms with Gasteiger partial charge in [0.25, 0.3) is 11.5 Å². The molecule has 0 fully saturated rings. The van der Waals surface area contributed by atoms with Gasteiger partial charge in [0, 0.05) is 24.5 Å². The van der Waals surface area contributed by atoms with Crippen LogP contribution in [0.3, 0.4) is 0 Å². The minimum absolute atomic E-state index is 0.0509. The second-order valence-corrected chi connectivity index (χ2v) is 5.68. The van der Waals surface area contributed by atoms with Gasteiger partial charge in [-0.3, -0.25) is 9.59 Å². The third-order valence-electron chi connectivity index (χ3n) is 4.25. The number of nitrogens with zero attached hydrogens (tertiary/aromatic N) is 2. The molecule has 0 spiro atoms. The largest absolute Gasteiger partial charge is 0.507 e. The molecule has 2 N–H and O–H groups in total. The van der Waals surface area contributed by atoms with Gasteiger partial charge in [0.05, 0.1) is 0 Å². The van der Waals surface area contributed by atoms with Crippen LogP contribution in [0.5, 0.6) is 5.75 Å². The SMILES string of the molecule is C[C@@H]1CCc2c1c(O)c(C(=O)Nc1ncccc1F)c(=O)n2C. The lowest BCUT2D eigenvalue weighted by Crippen LogP contribution is -2.30. The van der Waals surface area contributed by atoms with Gasteiger partial charge in [-0.25, -0.2) is 9.37 Å². The number of fused-ring (bicyclic) bond motifs is 1. The number of amides is 1. The van der Waals surface area contributed by atoms with Crippen LogP contribution in [0.25, 0.3) is 0 Å². The molecule has 2 aromatic heterocycles. The molecule has 0 radical (unpaired) electrons. The molecule has 3 rings (SSSR count). The van der Waals surface area contributed by atoms with E-state index in [1.807, 2.05) is 6.92 Å². The summed E-state index contributed by atoms with van der Waals surface area (Å²) in [7, 11) is 1.57. The number of carbonyl (C=O) groups excluding carboxylic acids is 1. The standard InChI is InChI=1S/C16H16FN3O3/c1-8-5-6-10-11(8)13(21)12(16(23)20(10)2)15(22)19-14-9(17)4-3-7-18-14/h3-4,7-8,21H,5-6H2,1-2H3,(H,18,19,22)/t8-/m1/s1. The van der Waals surface area contributed by atoms with E-state index in [1.54, 1.807) is 7.05 Å². The summed E-state index contributed by atoms with van der Waals surface area (Å²) >= 11 is 0. The second kappa shape index (κ2) is 5.49. The first kappa shape index (κ1) is 15.2. The van der Waals surface area contributed by atoms with E-state index in [-0.39, 0.29) is 23.0 Å². The van der Waals surface area contributed by atoms with Crippen LogP contribution in [0.15, 0.2) is 23.1 Å². The summed E-state index contributed by atoms with van der Waals surface area (Å²) in [5.41, 5.74) is 0.355. The number of carbonyl (C=O) groups is 1. The molecule has 120 valence electrons. The van der Waals surface area contributed by atoms with Crippen LogP contribution in [0.2, 0.25) is 0 Å². The van der Waals surface area contributed by atoms with Gasteiger partial charge >= 0.3 is 0 Å². The fraction of sp³-hybridized carbons (Fsp3) is 0.312. The Bertz CT molecular complexity index is 860. The molecule has 2 aromatic rings. The van der Waals surface area contributed by atoms with Crippen molar-refractivity contribution in [2.45, 2.75) is 25.7 Å². The lowest BCUT2D eigenvalue weighted by molar-refractivity contribution is 0.102. The molecule has 1 aliphatic rings. The van der Waals surface area contributed by atoms with Gasteiger partial charge in [0.15, 0.2) is 11.6 Å². The van der Waals surface area contributed by atoms with Crippen LogP contribution >= 0.6 is 0 Å². The average molecular weight is 317 g/mol. The zero-order valence-electron chi connectivity index (χ0n) is 12.8. The molecule has 0 aliphatic heterocycles. The maximum Gasteiger partial charge on any atom is 0.267 e. The first-order chi connectivity index (χ1) is 10.9. The van der Waals surface area contributed by atoms with Crippen LogP contribution in [-0.4, -0.2) is 20.6 Å². The van der Waals surface area contributed by atoms with Crippen LogP contribution < -0.4 is 10.9 Å². The average Bonchev–Trinajstić information content (AvgIpc) is 2.90. The van der Waals surface area contributed by atoms with Crippen LogP contribution in [-0.2, 0) is 13.5 Å². The van der Waals surface area contributed by atoms with Crippen molar-refractivity contribution in [2.24, 2.45) is 7.05 Å². The van der Waals surface area contributed by atoms with E-state index in [2.05, 4.69) is 10.3 Å². The molecule has 0 saturated carbocycles. The van der Waals surface area contributed by atoms with Gasteiger partial charge < -0.3 is 15.0 Å². The van der Waals surface area contributed by atoms with E-state index >= 15 is 0 Å². The van der Waals surface area contributed by atoms with Crippen molar-refractivity contribution in [2.75, 3.05) is 5.32 Å². The Balaban J connectivity index is 2.09. The minimum atomic E-state index is -0.873. The maximum absolute atomic E-state index is 13.6. The smallest absolute Gasteiger partial charge is 0.267 e. The Hall–Kier alpha value is -2.70. The number of aromatic hydroxyl groups is 1. The number of aromatic nitrogens is 2. The summed E-state index contributed by atoms with van der Waals surface area (Å²) in [5.74, 6) is -2.14. The highest BCUT2D eigenvalue weighted by Gasteiger charge is 2.31. The van der Waals surface area contributed by atoms with E-state index in [4.69, 9.17) is 0 Å². The summed E-state index contributed by atoms with van der Waals surface area (Å²) in [6.45, 7) is 1.93. The molecular weight excluding hydrogens is 301 g/mol. The molecule has 23 heavy (non-hydrogen) atoms. The summed E-state index contributed by atoms with van der Waals surface area (Å²) < 4.78 is 15.0. The Morgan fingerprint density at radius 1 is 1.52 bits per heavy atom. The molecule has 0 bridgehead atoms. The topological polar surface area (TPSA) is 84.2 Å². The van der Waals surface area contributed by atoms with Crippen molar-refractivity contribution in [1.82, 2.24) is 9.55 Å². The predicted octanol–water partition coefficient (Wildman–Crippen LogP) is 1.93. The fourth-order valence-corrected chi connectivity index (χ4v) is 3.01. The van der Waals surface area contributed by atoms with E-state index in [0.717, 1.165) is 18.2 Å². The summed E-state index contributed by atoms with van der Waals surface area (Å²) in [4.78, 5) is 28.5. The Labute approximate surface area is 131 Å². The van der Waals surface area contributed by atoms with E-state index < -0.39 is 17.3 Å². The van der Waals surface area contributed by atoms with Gasteiger partial charge in [0.1, 0.15) is 11.3 Å². The second-order valence-electron chi connectivity index (χ2n) is 5.68. The summed E-state index contributed by atoms with van der Waals surface area (Å²) in [6, 6.07) is 2.53. The molecular formula is C16H16FN3O3. The van der Waals surface area contributed by atoms with E-state index in [1.165, 1.54) is 16.8 Å². The maximum atomic E-state index is 13.6. The van der Waals surface area contributed by atoms with E-state index in [0.29, 0.717) is 12.0 Å². The van der Waals surface area contributed by atoms with E-state index in [9.17, 15) is 19.1 Å². The van der Waals surface area contributed by atoms with Crippen LogP contribution in [0.1, 0.15) is 40.9 Å². The van der Waals surface area contributed by atoms with Crippen LogP contribution in [0, 0.1) is 5.82 Å². The molecule has 6 nitrogen and oxygen atoms in total. The summed E-state index contributed by atoms with van der Waals surface area (Å²) in [6.07, 6.45) is 2.80. The number of anilines is 1. The Morgan fingerprint density at radius 3 is 2.96 bits per heavy atom. The van der Waals surface area contributed by atoms with Crippen molar-refractivity contribution >= 4 is 11.7 Å². The highest BCUT2D eigenvalue weighted by molar-refractivity contribution is 6.05. The van der Waals surface area contributed by atoms with Crippen molar-refractivity contribution in [3.63, 3.8) is 0 Å². The van der Waals surface area contributed by atoms with Crippen molar-refractivity contribution in [3.05, 3.63) is 51.3 Å². The van der Waals surface area contributed by atoms with Crippen molar-refractivity contribution in [3.8, 4) is 5.75 Å². The van der Waals surface area contributed by atoms with Gasteiger partial charge in [0.2, 0.25) is 0 Å². The number of pyridine rings is 2. The van der Waals surface area contributed by atoms with Gasteiger partial charge in [-0.15, -0.1) is 0 Å². The lowest BCUT2D eigenvalue weighted by Gasteiger charge is -2.15. The highest BCUT2D eigenvalue weighted by Crippen LogP contribution is 2.39. The number of hydrogen-bond donors (Lipinski definition) is 2. The quantitative estimate of drug-likeness (QED) is 0.886. The third kappa shape index (κ3) is 2.38. The Morgan fingerprint density at radius 2 is 2.26 bits per heavy atom. The minimum Gasteiger partial charge on any atom is -0.507 e. The first-order valence-electron chi connectivity index (χ1n) is 7.28. The molecule has 0 unspecified atom stereocenters. The number of hydrogen-bond acceptors (Lipinski definition) is 4. The van der Waals surface area contributed by atoms with Gasteiger partial charge in [-0.2, -0.15) is 0 Å². The van der Waals surface area contributed by atoms with Crippen molar-refractivity contribution in [1.29, 1.82) is 0 Å². The normalized spacial score (nSPS) is 16.2. The Kier molecular flexibility index (Phi) is 3.63. The number of halogens is 1. The molecule has 1 amide bonds. The molecule has 1 atom stereocenters. The first-order valence-corrected chi connectivity index (χ1v) is 7.28. The molecule has 7 heteroatoms. The summed E-state index contributed by atoms with van der Waals surface area (Å²) in [5, 5.41) is 12.7. The zero-order chi connectivity index (χ0) is 16.7. The lowest BCUT2D eigenvalue weighted by atomic mass is 10.0. The van der Waals surface area contributed by atoms with Gasteiger partial charge in [-0.1, -0.05) is 6.92 Å². The molecule has 0 saturated heterocycles. The van der Waals surface area contributed by atoms with Crippen molar-refractivity contribution < 1.29 is 14.3 Å². The highest BCUT2D eigenvalue weighted by atomic mass is 19.1. The molecule has 2 heterocycles. The predicted molar refractivity (Wildman–Crippen MR) is 82.2 cm³/mol. The molecule has 0 aromatic carbocycles. The number of rotatable bonds is 2. The zero-order valence-corrected chi connectivity index (χ0v) is 12.8. The monoisotopic (exact) mass is 317 g/mol. The third-order valence-corrected chi connectivity index (χ3v) is 4.25.